The minimum Gasteiger partial charge on any atom is -0.466 e. The third-order valence-corrected chi connectivity index (χ3v) is 9.64. The minimum atomic E-state index is -0.687. The van der Waals surface area contributed by atoms with Gasteiger partial charge >= 0.3 is 5.97 Å². The molecule has 48 heavy (non-hydrogen) atoms. The molecule has 3 N–H and O–H groups in total. The first kappa shape index (κ1) is 31.6. The van der Waals surface area contributed by atoms with E-state index in [1.165, 1.54) is 6.42 Å². The quantitative estimate of drug-likeness (QED) is 0.142. The van der Waals surface area contributed by atoms with Gasteiger partial charge < -0.3 is 24.9 Å². The largest absolute Gasteiger partial charge is 0.466 e. The van der Waals surface area contributed by atoms with Crippen LogP contribution in [0.3, 0.4) is 0 Å². The summed E-state index contributed by atoms with van der Waals surface area (Å²) >= 11 is 0. The van der Waals surface area contributed by atoms with Gasteiger partial charge in [-0.3, -0.25) is 14.4 Å². The third kappa shape index (κ3) is 6.69. The maximum Gasteiger partial charge on any atom is 0.306 e. The molecule has 5 aromatic rings. The van der Waals surface area contributed by atoms with Crippen molar-refractivity contribution in [2.75, 3.05) is 19.7 Å². The number of esters is 1. The molecule has 2 fully saturated rings. The van der Waals surface area contributed by atoms with E-state index in [2.05, 4.69) is 56.7 Å². The van der Waals surface area contributed by atoms with Crippen molar-refractivity contribution in [1.29, 1.82) is 0 Å². The number of carbonyl (C=O) groups excluding carboxylic acids is 3. The number of hydrogen-bond acceptors (Lipinski definition) is 6. The molecule has 9 nitrogen and oxygen atoms in total. The van der Waals surface area contributed by atoms with Gasteiger partial charge in [0.25, 0.3) is 0 Å². The van der Waals surface area contributed by atoms with Gasteiger partial charge in [-0.2, -0.15) is 0 Å². The Morgan fingerprint density at radius 3 is 2.46 bits per heavy atom. The number of fused-ring (bicyclic) bond motifs is 1. The van der Waals surface area contributed by atoms with E-state index >= 15 is 0 Å². The van der Waals surface area contributed by atoms with Crippen molar-refractivity contribution < 1.29 is 19.1 Å². The van der Waals surface area contributed by atoms with E-state index in [1.54, 1.807) is 11.8 Å². The van der Waals surface area contributed by atoms with Crippen molar-refractivity contribution in [3.05, 3.63) is 102 Å². The number of aromatic amines is 2. The second-order valence-electron chi connectivity index (χ2n) is 12.8. The Hall–Kier alpha value is -5.02. The number of ketones is 1. The standard InChI is InChI=1S/C39H41N5O4/c1-2-48-37(46)23-30(26-8-4-3-5-9-26)39(47)44-19-7-11-35(44)36(45)21-25-12-17-31-29(20-25)22-33(42-31)27-13-15-28(16-14-27)34-24-41-38(43-34)32-10-6-18-40-32/h3-5,8-9,12-17,20,22,24,30,32,35,40,42H,2,6-7,10-11,18-19,21,23H2,1H3,(H,41,43)/t30-,32+,35+/m1/s1. The number of carbonyl (C=O) groups is 3. The van der Waals surface area contributed by atoms with Crippen LogP contribution in [-0.4, -0.2) is 63.2 Å². The van der Waals surface area contributed by atoms with Gasteiger partial charge in [0, 0.05) is 29.6 Å². The van der Waals surface area contributed by atoms with Gasteiger partial charge in [0.05, 0.1) is 42.9 Å². The molecule has 246 valence electrons. The molecule has 0 radical (unpaired) electrons. The number of nitrogens with zero attached hydrogens (tertiary/aromatic N) is 2. The summed E-state index contributed by atoms with van der Waals surface area (Å²) in [6.45, 7) is 3.54. The molecule has 7 rings (SSSR count). The molecule has 2 aliphatic rings. The van der Waals surface area contributed by atoms with E-state index in [9.17, 15) is 14.4 Å². The molecule has 2 saturated heterocycles. The highest BCUT2D eigenvalue weighted by molar-refractivity contribution is 5.95. The number of rotatable bonds is 11. The topological polar surface area (TPSA) is 120 Å². The van der Waals surface area contributed by atoms with Gasteiger partial charge in [0.2, 0.25) is 5.91 Å². The van der Waals surface area contributed by atoms with Gasteiger partial charge in [-0.1, -0.05) is 60.7 Å². The minimum absolute atomic E-state index is 0.0140. The Morgan fingerprint density at radius 1 is 0.917 bits per heavy atom. The number of aromatic nitrogens is 3. The van der Waals surface area contributed by atoms with E-state index in [0.29, 0.717) is 19.0 Å². The molecule has 1 amide bonds. The van der Waals surface area contributed by atoms with E-state index in [1.807, 2.05) is 48.7 Å². The molecular formula is C39H41N5O4. The van der Waals surface area contributed by atoms with Crippen LogP contribution in [-0.2, 0) is 25.5 Å². The molecule has 0 saturated carbocycles. The fourth-order valence-electron chi connectivity index (χ4n) is 7.16. The van der Waals surface area contributed by atoms with E-state index in [4.69, 9.17) is 4.74 Å². The van der Waals surface area contributed by atoms with Crippen molar-refractivity contribution in [3.8, 4) is 22.5 Å². The number of amides is 1. The van der Waals surface area contributed by atoms with Crippen LogP contribution >= 0.6 is 0 Å². The number of Topliss-reactive ketones (excluding diaryl/α,β-unsaturated/α-hetero) is 1. The zero-order chi connectivity index (χ0) is 33.0. The average Bonchev–Trinajstić information content (AvgIpc) is 3.94. The van der Waals surface area contributed by atoms with Crippen LogP contribution in [0.25, 0.3) is 33.4 Å². The lowest BCUT2D eigenvalue weighted by atomic mass is 9.93. The van der Waals surface area contributed by atoms with Crippen LogP contribution in [0, 0.1) is 0 Å². The summed E-state index contributed by atoms with van der Waals surface area (Å²) in [6.07, 6.45) is 5.74. The fraction of sp³-hybridized carbons (Fsp3) is 0.333. The Balaban J connectivity index is 1.03. The number of ether oxygens (including phenoxy) is 1. The number of hydrogen-bond donors (Lipinski definition) is 3. The Labute approximate surface area is 280 Å². The van der Waals surface area contributed by atoms with Crippen molar-refractivity contribution in [2.45, 2.75) is 63.5 Å². The molecule has 2 aliphatic heterocycles. The highest BCUT2D eigenvalue weighted by atomic mass is 16.5. The molecule has 2 aromatic heterocycles. The lowest BCUT2D eigenvalue weighted by Crippen LogP contribution is -2.44. The predicted octanol–water partition coefficient (Wildman–Crippen LogP) is 6.49. The second kappa shape index (κ2) is 14.0. The molecule has 3 aromatic carbocycles. The summed E-state index contributed by atoms with van der Waals surface area (Å²) in [6, 6.07) is 25.7. The summed E-state index contributed by atoms with van der Waals surface area (Å²) in [5.41, 5.74) is 6.82. The Bertz CT molecular complexity index is 1910. The summed E-state index contributed by atoms with van der Waals surface area (Å²) in [5, 5.41) is 4.52. The lowest BCUT2D eigenvalue weighted by Gasteiger charge is -2.28. The van der Waals surface area contributed by atoms with Crippen LogP contribution in [0.15, 0.2) is 85.1 Å². The number of likely N-dealkylation sites (tertiary alicyclic amines) is 1. The maximum atomic E-state index is 13.9. The van der Waals surface area contributed by atoms with E-state index in [0.717, 1.165) is 69.8 Å². The zero-order valence-corrected chi connectivity index (χ0v) is 27.2. The van der Waals surface area contributed by atoms with Gasteiger partial charge in [-0.05, 0) is 79.6 Å². The summed E-state index contributed by atoms with van der Waals surface area (Å²) < 4.78 is 5.18. The van der Waals surface area contributed by atoms with Crippen LogP contribution in [0.4, 0.5) is 0 Å². The monoisotopic (exact) mass is 643 g/mol. The fourth-order valence-corrected chi connectivity index (χ4v) is 7.16. The number of H-pyrrole nitrogens is 2. The van der Waals surface area contributed by atoms with Gasteiger partial charge in [-0.25, -0.2) is 4.98 Å². The second-order valence-corrected chi connectivity index (χ2v) is 12.8. The van der Waals surface area contributed by atoms with Gasteiger partial charge in [0.1, 0.15) is 5.82 Å². The highest BCUT2D eigenvalue weighted by Gasteiger charge is 2.38. The third-order valence-electron chi connectivity index (χ3n) is 9.64. The lowest BCUT2D eigenvalue weighted by molar-refractivity contribution is -0.147. The summed E-state index contributed by atoms with van der Waals surface area (Å²) in [5.74, 6) is -0.288. The first-order valence-corrected chi connectivity index (χ1v) is 17.0. The molecule has 0 unspecified atom stereocenters. The Kier molecular flexibility index (Phi) is 9.20. The van der Waals surface area contributed by atoms with Crippen molar-refractivity contribution >= 4 is 28.6 Å². The first-order chi connectivity index (χ1) is 23.5. The van der Waals surface area contributed by atoms with Crippen molar-refractivity contribution in [1.82, 2.24) is 25.2 Å². The van der Waals surface area contributed by atoms with Crippen molar-refractivity contribution in [2.24, 2.45) is 0 Å². The van der Waals surface area contributed by atoms with Crippen LogP contribution in [0.1, 0.15) is 67.9 Å². The molecule has 0 aliphatic carbocycles. The molecular weight excluding hydrogens is 602 g/mol. The summed E-state index contributed by atoms with van der Waals surface area (Å²) in [7, 11) is 0. The maximum absolute atomic E-state index is 13.9. The number of benzene rings is 3. The van der Waals surface area contributed by atoms with Crippen LogP contribution in [0.5, 0.6) is 0 Å². The molecule has 0 bridgehead atoms. The van der Waals surface area contributed by atoms with Gasteiger partial charge in [-0.15, -0.1) is 0 Å². The SMILES string of the molecule is CCOC(=O)C[C@@H](C(=O)N1CCC[C@H]1C(=O)Cc1ccc2[nH]c(-c3ccc(-c4cnc([C@@H]5CCCN5)[nH]4)cc3)cc2c1)c1ccccc1. The molecule has 0 spiro atoms. The van der Waals surface area contributed by atoms with Crippen LogP contribution in [0.2, 0.25) is 0 Å². The Morgan fingerprint density at radius 2 is 1.71 bits per heavy atom. The summed E-state index contributed by atoms with van der Waals surface area (Å²) in [4.78, 5) is 53.3. The first-order valence-electron chi connectivity index (χ1n) is 17.0. The average molecular weight is 644 g/mol. The molecule has 9 heteroatoms. The normalized spacial score (nSPS) is 18.3. The van der Waals surface area contributed by atoms with E-state index < -0.39 is 17.9 Å². The predicted molar refractivity (Wildman–Crippen MR) is 185 cm³/mol. The molecule has 4 heterocycles. The number of imidazole rings is 1. The highest BCUT2D eigenvalue weighted by Crippen LogP contribution is 2.31. The van der Waals surface area contributed by atoms with Gasteiger partial charge in [0.15, 0.2) is 5.78 Å². The van der Waals surface area contributed by atoms with E-state index in [-0.39, 0.29) is 31.1 Å². The number of nitrogens with one attached hydrogen (secondary N) is 3. The zero-order valence-electron chi connectivity index (χ0n) is 27.2. The smallest absolute Gasteiger partial charge is 0.306 e. The molecule has 3 atom stereocenters. The van der Waals surface area contributed by atoms with Crippen molar-refractivity contribution in [3.63, 3.8) is 0 Å². The van der Waals surface area contributed by atoms with Crippen LogP contribution < -0.4 is 5.32 Å².